The third kappa shape index (κ3) is 3.00. The molecule has 0 bridgehead atoms. The average molecular weight is 365 g/mol. The molecule has 4 rings (SSSR count). The quantitative estimate of drug-likeness (QED) is 0.894. The van der Waals surface area contributed by atoms with E-state index < -0.39 is 0 Å². The van der Waals surface area contributed by atoms with Gasteiger partial charge in [-0.05, 0) is 28.8 Å². The monoisotopic (exact) mass is 365 g/mol. The maximum atomic E-state index is 12.5. The van der Waals surface area contributed by atoms with Crippen molar-refractivity contribution in [3.05, 3.63) is 54.4 Å². The van der Waals surface area contributed by atoms with Crippen molar-refractivity contribution in [1.29, 1.82) is 0 Å². The predicted octanol–water partition coefficient (Wildman–Crippen LogP) is 1.66. The normalized spacial score (nSPS) is 24.4. The minimum Gasteiger partial charge on any atom is -0.394 e. The van der Waals surface area contributed by atoms with Gasteiger partial charge in [0.1, 0.15) is 0 Å². The Hall–Kier alpha value is -2.73. The summed E-state index contributed by atoms with van der Waals surface area (Å²) in [5.41, 5.74) is 3.28. The van der Waals surface area contributed by atoms with Crippen LogP contribution in [0.15, 0.2) is 48.8 Å². The second kappa shape index (κ2) is 7.12. The lowest BCUT2D eigenvalue weighted by Gasteiger charge is -2.58. The highest BCUT2D eigenvalue weighted by molar-refractivity contribution is 5.87. The van der Waals surface area contributed by atoms with Gasteiger partial charge in [0.15, 0.2) is 0 Å². The lowest BCUT2D eigenvalue weighted by Crippen LogP contribution is -2.73. The molecule has 2 aliphatic heterocycles. The summed E-state index contributed by atoms with van der Waals surface area (Å²) < 4.78 is 0. The van der Waals surface area contributed by atoms with Gasteiger partial charge in [0, 0.05) is 31.3 Å². The summed E-state index contributed by atoms with van der Waals surface area (Å²) >= 11 is 0. The maximum Gasteiger partial charge on any atom is 0.242 e. The summed E-state index contributed by atoms with van der Waals surface area (Å²) in [7, 11) is 0. The molecule has 2 aliphatic rings. The van der Waals surface area contributed by atoms with Gasteiger partial charge >= 0.3 is 0 Å². The minimum absolute atomic E-state index is 0.00207. The molecule has 0 saturated carbocycles. The Balaban J connectivity index is 1.58. The Labute approximate surface area is 158 Å². The Kier molecular flexibility index (Phi) is 4.66. The van der Waals surface area contributed by atoms with Gasteiger partial charge in [0.2, 0.25) is 11.8 Å². The largest absolute Gasteiger partial charge is 0.394 e. The van der Waals surface area contributed by atoms with Gasteiger partial charge in [-0.1, -0.05) is 31.2 Å². The third-order valence-electron chi connectivity index (χ3n) is 5.72. The molecule has 2 amide bonds. The zero-order chi connectivity index (χ0) is 19.0. The summed E-state index contributed by atoms with van der Waals surface area (Å²) in [6.45, 7) is 2.39. The van der Waals surface area contributed by atoms with Crippen molar-refractivity contribution >= 4 is 11.8 Å². The van der Waals surface area contributed by atoms with Crippen LogP contribution >= 0.6 is 0 Å². The molecule has 1 aromatic carbocycles. The lowest BCUT2D eigenvalue weighted by molar-refractivity contribution is -0.166. The van der Waals surface area contributed by atoms with Crippen LogP contribution in [0.2, 0.25) is 0 Å². The van der Waals surface area contributed by atoms with E-state index in [1.54, 1.807) is 22.2 Å². The topological polar surface area (TPSA) is 73.7 Å². The van der Waals surface area contributed by atoms with Gasteiger partial charge < -0.3 is 14.9 Å². The summed E-state index contributed by atoms with van der Waals surface area (Å²) in [4.78, 5) is 32.0. The molecule has 27 heavy (non-hydrogen) atoms. The zero-order valence-electron chi connectivity index (χ0n) is 15.3. The second-order valence-electron chi connectivity index (χ2n) is 7.13. The van der Waals surface area contributed by atoms with Gasteiger partial charge in [-0.3, -0.25) is 14.6 Å². The van der Waals surface area contributed by atoms with Crippen LogP contribution in [0.1, 0.15) is 24.8 Å². The smallest absolute Gasteiger partial charge is 0.242 e. The molecular weight excluding hydrogens is 342 g/mol. The highest BCUT2D eigenvalue weighted by atomic mass is 16.3. The minimum atomic E-state index is -0.215. The number of carbonyl (C=O) groups is 2. The first-order valence-corrected chi connectivity index (χ1v) is 9.34. The predicted molar refractivity (Wildman–Crippen MR) is 101 cm³/mol. The fourth-order valence-corrected chi connectivity index (χ4v) is 4.36. The second-order valence-corrected chi connectivity index (χ2v) is 7.13. The van der Waals surface area contributed by atoms with Crippen molar-refractivity contribution in [1.82, 2.24) is 14.8 Å². The molecule has 0 radical (unpaired) electrons. The molecule has 1 aromatic heterocycles. The number of fused-ring (bicyclic) bond motifs is 1. The molecule has 3 atom stereocenters. The first-order chi connectivity index (χ1) is 13.1. The molecular formula is C21H23N3O3. The van der Waals surface area contributed by atoms with Crippen LogP contribution in [0.3, 0.4) is 0 Å². The van der Waals surface area contributed by atoms with E-state index in [4.69, 9.17) is 0 Å². The molecule has 0 spiro atoms. The average Bonchev–Trinajstić information content (AvgIpc) is 2.70. The van der Waals surface area contributed by atoms with E-state index in [1.165, 1.54) is 0 Å². The Morgan fingerprint density at radius 1 is 1.15 bits per heavy atom. The molecule has 6 nitrogen and oxygen atoms in total. The van der Waals surface area contributed by atoms with Crippen LogP contribution in [-0.2, 0) is 9.59 Å². The number of carbonyl (C=O) groups excluding carboxylic acids is 2. The summed E-state index contributed by atoms with van der Waals surface area (Å²) in [5, 5.41) is 9.85. The van der Waals surface area contributed by atoms with E-state index in [0.29, 0.717) is 13.0 Å². The van der Waals surface area contributed by atoms with E-state index in [-0.39, 0.29) is 43.0 Å². The molecule has 6 heteroatoms. The van der Waals surface area contributed by atoms with E-state index in [2.05, 4.69) is 29.2 Å². The van der Waals surface area contributed by atoms with Crippen molar-refractivity contribution in [3.8, 4) is 11.1 Å². The number of piperazine rings is 1. The van der Waals surface area contributed by atoms with Crippen molar-refractivity contribution in [2.75, 3.05) is 19.7 Å². The van der Waals surface area contributed by atoms with Gasteiger partial charge in [0.25, 0.3) is 0 Å². The van der Waals surface area contributed by atoms with Crippen molar-refractivity contribution in [3.63, 3.8) is 0 Å². The molecule has 2 fully saturated rings. The van der Waals surface area contributed by atoms with Crippen LogP contribution in [0, 0.1) is 0 Å². The van der Waals surface area contributed by atoms with Gasteiger partial charge in [-0.15, -0.1) is 0 Å². The number of aromatic nitrogens is 1. The number of aliphatic hydroxyl groups excluding tert-OH is 1. The standard InChI is InChI=1S/C21H23N3O3/c1-2-19(26)23-11-17-21(18(13-25)24(17)20(27)12-23)16-5-3-14(4-6-16)15-7-9-22-10-8-15/h3-10,17-18,21,25H,2,11-13H2,1H3/t17-,18+,21+/m0/s1. The van der Waals surface area contributed by atoms with Crippen LogP contribution < -0.4 is 0 Å². The number of amides is 2. The van der Waals surface area contributed by atoms with Crippen LogP contribution in [-0.4, -0.2) is 63.5 Å². The van der Waals surface area contributed by atoms with Crippen LogP contribution in [0.4, 0.5) is 0 Å². The molecule has 1 N–H and O–H groups in total. The van der Waals surface area contributed by atoms with E-state index in [0.717, 1.165) is 16.7 Å². The van der Waals surface area contributed by atoms with Gasteiger partial charge in [0.05, 0.1) is 25.2 Å². The van der Waals surface area contributed by atoms with Crippen molar-refractivity contribution < 1.29 is 14.7 Å². The fourth-order valence-electron chi connectivity index (χ4n) is 4.36. The Morgan fingerprint density at radius 2 is 1.81 bits per heavy atom. The lowest BCUT2D eigenvalue weighted by atomic mass is 9.73. The molecule has 0 unspecified atom stereocenters. The highest BCUT2D eigenvalue weighted by Gasteiger charge is 2.54. The van der Waals surface area contributed by atoms with E-state index in [9.17, 15) is 14.7 Å². The van der Waals surface area contributed by atoms with Crippen LogP contribution in [0.5, 0.6) is 0 Å². The number of nitrogens with zero attached hydrogens (tertiary/aromatic N) is 3. The SMILES string of the molecule is CCC(=O)N1CC(=O)N2[C@H](CO)[C@H](c3ccc(-c4ccncc4)cc3)[C@@H]2C1. The maximum absolute atomic E-state index is 12.5. The molecule has 140 valence electrons. The van der Waals surface area contributed by atoms with Gasteiger partial charge in [-0.2, -0.15) is 0 Å². The van der Waals surface area contributed by atoms with Crippen molar-refractivity contribution in [2.24, 2.45) is 0 Å². The third-order valence-corrected chi connectivity index (χ3v) is 5.72. The number of aliphatic hydroxyl groups is 1. The summed E-state index contributed by atoms with van der Waals surface area (Å²) in [6, 6.07) is 11.9. The Bertz CT molecular complexity index is 838. The van der Waals surface area contributed by atoms with Gasteiger partial charge in [-0.25, -0.2) is 0 Å². The fraction of sp³-hybridized carbons (Fsp3) is 0.381. The molecule has 3 heterocycles. The van der Waals surface area contributed by atoms with E-state index >= 15 is 0 Å². The molecule has 0 aliphatic carbocycles. The van der Waals surface area contributed by atoms with E-state index in [1.807, 2.05) is 19.1 Å². The highest BCUT2D eigenvalue weighted by Crippen LogP contribution is 2.43. The number of pyridine rings is 1. The zero-order valence-corrected chi connectivity index (χ0v) is 15.3. The summed E-state index contributed by atoms with van der Waals surface area (Å²) in [5.74, 6) is -0.0307. The first-order valence-electron chi connectivity index (χ1n) is 9.34. The molecule has 2 aromatic rings. The molecule has 2 saturated heterocycles. The number of rotatable bonds is 4. The van der Waals surface area contributed by atoms with Crippen molar-refractivity contribution in [2.45, 2.75) is 31.3 Å². The summed E-state index contributed by atoms with van der Waals surface area (Å²) in [6.07, 6.45) is 3.93. The Morgan fingerprint density at radius 3 is 2.44 bits per heavy atom. The first kappa shape index (κ1) is 17.7. The van der Waals surface area contributed by atoms with Crippen LogP contribution in [0.25, 0.3) is 11.1 Å². The number of benzene rings is 1. The number of hydrogen-bond acceptors (Lipinski definition) is 4. The number of hydrogen-bond donors (Lipinski definition) is 1.